The zero-order chi connectivity index (χ0) is 24.8. The second kappa shape index (κ2) is 8.76. The fraction of sp³-hybridized carbons (Fsp3) is 0.462. The Labute approximate surface area is 208 Å². The Kier molecular flexibility index (Phi) is 5.54. The monoisotopic (exact) mass is 489 g/mol. The molecule has 5 aliphatic rings. The number of hydrogen-bond donors (Lipinski definition) is 2. The van der Waals surface area contributed by atoms with E-state index < -0.39 is 0 Å². The van der Waals surface area contributed by atoms with E-state index in [0.29, 0.717) is 48.4 Å². The molecule has 10 nitrogen and oxygen atoms in total. The van der Waals surface area contributed by atoms with Crippen LogP contribution in [0.25, 0.3) is 4.85 Å². The maximum absolute atomic E-state index is 12.6. The average Bonchev–Trinajstić information content (AvgIpc) is 2.92. The number of nitrogens with one attached hydrogen (secondary N) is 2. The number of pyridine rings is 1. The zero-order valence-corrected chi connectivity index (χ0v) is 19.8. The Hall–Kier alpha value is -3.68. The highest BCUT2D eigenvalue weighted by molar-refractivity contribution is 5.98. The summed E-state index contributed by atoms with van der Waals surface area (Å²) in [5.74, 6) is 1.40. The molecule has 2 bridgehead atoms. The van der Waals surface area contributed by atoms with Crippen LogP contribution >= 0.6 is 0 Å². The van der Waals surface area contributed by atoms with Crippen LogP contribution in [0.3, 0.4) is 0 Å². The number of nitrogens with zero attached hydrogens (tertiary/aromatic N) is 3. The minimum absolute atomic E-state index is 0.0117. The third kappa shape index (κ3) is 4.14. The van der Waals surface area contributed by atoms with Gasteiger partial charge in [0.2, 0.25) is 0 Å². The number of rotatable bonds is 6. The summed E-state index contributed by atoms with van der Waals surface area (Å²) in [5.41, 5.74) is 1.63. The Morgan fingerprint density at radius 3 is 2.67 bits per heavy atom. The molecule has 10 heteroatoms. The lowest BCUT2D eigenvalue weighted by molar-refractivity contribution is -0.164. The molecule has 0 unspecified atom stereocenters. The molecule has 7 rings (SSSR count). The van der Waals surface area contributed by atoms with Gasteiger partial charge in [0, 0.05) is 18.6 Å². The number of benzene rings is 1. The normalized spacial score (nSPS) is 26.2. The van der Waals surface area contributed by atoms with Crippen LogP contribution in [-0.2, 0) is 20.9 Å². The van der Waals surface area contributed by atoms with Gasteiger partial charge in [0.05, 0.1) is 30.2 Å². The molecule has 1 aliphatic carbocycles. The van der Waals surface area contributed by atoms with Crippen molar-refractivity contribution in [3.8, 4) is 11.5 Å². The summed E-state index contributed by atoms with van der Waals surface area (Å²) in [6.45, 7) is 9.03. The summed E-state index contributed by atoms with van der Waals surface area (Å²) >= 11 is 0. The summed E-state index contributed by atoms with van der Waals surface area (Å²) in [7, 11) is 0. The molecule has 36 heavy (non-hydrogen) atoms. The molecule has 3 fully saturated rings. The van der Waals surface area contributed by atoms with Crippen LogP contribution in [0.4, 0.5) is 17.2 Å². The quantitative estimate of drug-likeness (QED) is 0.601. The largest absolute Gasteiger partial charge is 0.482 e. The highest BCUT2D eigenvalue weighted by Crippen LogP contribution is 2.46. The second-order valence-corrected chi connectivity index (χ2v) is 9.94. The number of fused-ring (bicyclic) bond motifs is 5. The zero-order valence-electron chi connectivity index (χ0n) is 19.8. The average molecular weight is 490 g/mol. The van der Waals surface area contributed by atoms with Crippen LogP contribution < -0.4 is 25.0 Å². The van der Waals surface area contributed by atoms with Gasteiger partial charge in [-0.3, -0.25) is 9.59 Å². The molecule has 1 aromatic heterocycles. The van der Waals surface area contributed by atoms with Crippen molar-refractivity contribution in [3.05, 3.63) is 47.4 Å². The van der Waals surface area contributed by atoms with Crippen molar-refractivity contribution in [1.82, 2.24) is 10.3 Å². The Morgan fingerprint density at radius 2 is 1.89 bits per heavy atom. The molecule has 4 aliphatic heterocycles. The van der Waals surface area contributed by atoms with E-state index in [1.54, 1.807) is 23.1 Å². The fourth-order valence-electron chi connectivity index (χ4n) is 5.52. The van der Waals surface area contributed by atoms with Gasteiger partial charge in [-0.05, 0) is 56.4 Å². The summed E-state index contributed by atoms with van der Waals surface area (Å²) in [6.07, 6.45) is 4.52. The van der Waals surface area contributed by atoms with Crippen LogP contribution in [0.5, 0.6) is 11.5 Å². The minimum Gasteiger partial charge on any atom is -0.482 e. The molecule has 5 heterocycles. The molecule has 1 aromatic carbocycles. The first-order chi connectivity index (χ1) is 17.5. The van der Waals surface area contributed by atoms with E-state index in [-0.39, 0.29) is 36.2 Å². The highest BCUT2D eigenvalue weighted by Gasteiger charge is 2.49. The summed E-state index contributed by atoms with van der Waals surface area (Å²) < 4.78 is 17.4. The van der Waals surface area contributed by atoms with E-state index in [4.69, 9.17) is 20.8 Å². The van der Waals surface area contributed by atoms with E-state index in [0.717, 1.165) is 37.8 Å². The van der Waals surface area contributed by atoms with Gasteiger partial charge >= 0.3 is 0 Å². The molecule has 0 spiro atoms. The lowest BCUT2D eigenvalue weighted by Gasteiger charge is -2.54. The molecule has 186 valence electrons. The predicted octanol–water partition coefficient (Wildman–Crippen LogP) is 2.95. The van der Waals surface area contributed by atoms with Crippen molar-refractivity contribution in [2.75, 3.05) is 36.6 Å². The summed E-state index contributed by atoms with van der Waals surface area (Å²) in [6, 6.07) is 8.94. The van der Waals surface area contributed by atoms with E-state index in [9.17, 15) is 9.59 Å². The van der Waals surface area contributed by atoms with Gasteiger partial charge in [-0.25, -0.2) is 9.83 Å². The van der Waals surface area contributed by atoms with Crippen LogP contribution in [0.2, 0.25) is 0 Å². The van der Waals surface area contributed by atoms with Gasteiger partial charge in [-0.2, -0.15) is 0 Å². The number of aromatic nitrogens is 1. The van der Waals surface area contributed by atoms with Crippen LogP contribution in [-0.4, -0.2) is 54.3 Å². The van der Waals surface area contributed by atoms with Crippen molar-refractivity contribution in [3.63, 3.8) is 0 Å². The van der Waals surface area contributed by atoms with E-state index >= 15 is 0 Å². The first-order valence-electron chi connectivity index (χ1n) is 12.2. The van der Waals surface area contributed by atoms with Crippen molar-refractivity contribution in [2.45, 2.75) is 49.8 Å². The molecule has 0 atom stereocenters. The number of anilines is 2. The standard InChI is InChI=1S/C26H27N5O5/c1-27-17-2-4-20-19(12-17)31(23(33)15-35-20)11-10-26-8-6-25(7-9-26,16-36-26)28-13-18-3-5-21-24(29-18)30-22(32)14-34-21/h2-5,12,28H,6-11,13-16H2,(H,29,30,32). The molecule has 2 aromatic rings. The SMILES string of the molecule is [C-]#[N+]c1ccc2c(c1)N(CCC13CCC(NCc4ccc5c(n4)NC(=O)CO5)(CC1)CO3)C(=O)CO2. The summed E-state index contributed by atoms with van der Waals surface area (Å²) in [4.78, 5) is 34.0. The highest BCUT2D eigenvalue weighted by atomic mass is 16.5. The molecule has 2 amide bonds. The lowest BCUT2D eigenvalue weighted by Crippen LogP contribution is -2.62. The van der Waals surface area contributed by atoms with Gasteiger partial charge in [0.1, 0.15) is 5.75 Å². The first kappa shape index (κ1) is 22.8. The lowest BCUT2D eigenvalue weighted by atomic mass is 9.70. The maximum atomic E-state index is 12.6. The number of hydrogen-bond acceptors (Lipinski definition) is 7. The van der Waals surface area contributed by atoms with Gasteiger partial charge in [0.25, 0.3) is 11.8 Å². The third-order valence-corrected chi connectivity index (χ3v) is 7.76. The number of carbonyl (C=O) groups is 2. The van der Waals surface area contributed by atoms with Crippen molar-refractivity contribution in [1.29, 1.82) is 0 Å². The Morgan fingerprint density at radius 1 is 1.08 bits per heavy atom. The molecule has 0 radical (unpaired) electrons. The van der Waals surface area contributed by atoms with Crippen molar-refractivity contribution >= 4 is 29.0 Å². The number of amides is 2. The topological polar surface area (TPSA) is 106 Å². The van der Waals surface area contributed by atoms with E-state index in [2.05, 4.69) is 20.5 Å². The van der Waals surface area contributed by atoms with Gasteiger partial charge in [-0.1, -0.05) is 6.07 Å². The minimum atomic E-state index is -0.245. The molecular weight excluding hydrogens is 462 g/mol. The molecule has 1 saturated carbocycles. The molecule has 2 N–H and O–H groups in total. The maximum Gasteiger partial charge on any atom is 0.264 e. The first-order valence-corrected chi connectivity index (χ1v) is 12.2. The van der Waals surface area contributed by atoms with Crippen LogP contribution in [0.15, 0.2) is 30.3 Å². The molecule has 2 saturated heterocycles. The van der Waals surface area contributed by atoms with Crippen molar-refractivity contribution in [2.24, 2.45) is 0 Å². The van der Waals surface area contributed by atoms with Gasteiger partial charge < -0.3 is 29.7 Å². The summed E-state index contributed by atoms with van der Waals surface area (Å²) in [5, 5.41) is 6.42. The van der Waals surface area contributed by atoms with Gasteiger partial charge in [0.15, 0.2) is 30.5 Å². The fourth-order valence-corrected chi connectivity index (χ4v) is 5.52. The van der Waals surface area contributed by atoms with Crippen LogP contribution in [0.1, 0.15) is 37.8 Å². The number of ether oxygens (including phenoxy) is 3. The van der Waals surface area contributed by atoms with E-state index in [1.807, 2.05) is 12.1 Å². The Balaban J connectivity index is 1.07. The van der Waals surface area contributed by atoms with Crippen LogP contribution in [0, 0.1) is 6.57 Å². The molecular formula is C26H27N5O5. The predicted molar refractivity (Wildman–Crippen MR) is 130 cm³/mol. The Bertz CT molecular complexity index is 1250. The second-order valence-electron chi connectivity index (χ2n) is 9.94. The third-order valence-electron chi connectivity index (χ3n) is 7.76. The van der Waals surface area contributed by atoms with E-state index in [1.165, 1.54) is 0 Å². The van der Waals surface area contributed by atoms with Gasteiger partial charge in [-0.15, -0.1) is 0 Å². The van der Waals surface area contributed by atoms with Crippen molar-refractivity contribution < 1.29 is 23.8 Å². The number of carbonyl (C=O) groups excluding carboxylic acids is 2. The smallest absolute Gasteiger partial charge is 0.264 e.